The first-order valence-electron chi connectivity index (χ1n) is 10.5. The monoisotopic (exact) mass is 439 g/mol. The lowest BCUT2D eigenvalue weighted by molar-refractivity contribution is -0.384. The maximum atomic E-state index is 14.9. The van der Waals surface area contributed by atoms with Crippen molar-refractivity contribution in [1.29, 1.82) is 0 Å². The predicted octanol–water partition coefficient (Wildman–Crippen LogP) is 3.39. The number of nitro groups is 1. The molecule has 0 spiro atoms. The Labute approximate surface area is 185 Å². The van der Waals surface area contributed by atoms with Gasteiger partial charge in [-0.3, -0.25) is 15.0 Å². The van der Waals surface area contributed by atoms with Crippen LogP contribution >= 0.6 is 0 Å². The number of anilines is 1. The summed E-state index contributed by atoms with van der Waals surface area (Å²) < 4.78 is 16.6. The van der Waals surface area contributed by atoms with E-state index in [-0.39, 0.29) is 17.0 Å². The van der Waals surface area contributed by atoms with Gasteiger partial charge in [-0.2, -0.15) is 0 Å². The van der Waals surface area contributed by atoms with Gasteiger partial charge in [-0.15, -0.1) is 5.10 Å². The molecule has 32 heavy (non-hydrogen) atoms. The van der Waals surface area contributed by atoms with Gasteiger partial charge in [0.1, 0.15) is 11.9 Å². The Balaban J connectivity index is 1.61. The van der Waals surface area contributed by atoms with E-state index in [2.05, 4.69) is 25.3 Å². The molecule has 2 heterocycles. The van der Waals surface area contributed by atoms with Gasteiger partial charge < -0.3 is 4.90 Å². The molecule has 0 radical (unpaired) electrons. The van der Waals surface area contributed by atoms with Crippen LogP contribution < -0.4 is 4.90 Å². The highest BCUT2D eigenvalue weighted by Crippen LogP contribution is 2.32. The van der Waals surface area contributed by atoms with Gasteiger partial charge in [0, 0.05) is 49.6 Å². The van der Waals surface area contributed by atoms with Gasteiger partial charge in [0.25, 0.3) is 5.69 Å². The van der Waals surface area contributed by atoms with Crippen LogP contribution in [0.2, 0.25) is 0 Å². The molecule has 0 aliphatic carbocycles. The van der Waals surface area contributed by atoms with E-state index in [1.165, 1.54) is 18.2 Å². The first-order valence-corrected chi connectivity index (χ1v) is 10.5. The normalized spacial score (nSPS) is 16.2. The fraction of sp³-hybridized carbons (Fsp3) is 0.409. The van der Waals surface area contributed by atoms with Gasteiger partial charge >= 0.3 is 0 Å². The number of nitrogens with zero attached hydrogens (tertiary/aromatic N) is 7. The number of rotatable bonds is 5. The molecular formula is C22H26FN7O2. The molecule has 0 N–H and O–H groups in total. The molecule has 2 aromatic carbocycles. The van der Waals surface area contributed by atoms with Crippen molar-refractivity contribution in [3.63, 3.8) is 0 Å². The maximum absolute atomic E-state index is 14.9. The summed E-state index contributed by atoms with van der Waals surface area (Å²) in [5.41, 5.74) is 1.18. The molecule has 9 nitrogen and oxygen atoms in total. The zero-order chi connectivity index (χ0) is 22.9. The summed E-state index contributed by atoms with van der Waals surface area (Å²) in [5.74, 6) is 0.310. The van der Waals surface area contributed by atoms with Crippen LogP contribution in [0.15, 0.2) is 48.5 Å². The predicted molar refractivity (Wildman–Crippen MR) is 118 cm³/mol. The number of halogens is 1. The molecule has 0 bridgehead atoms. The highest BCUT2D eigenvalue weighted by atomic mass is 19.1. The number of hydrogen-bond acceptors (Lipinski definition) is 7. The van der Waals surface area contributed by atoms with Crippen LogP contribution in [0.25, 0.3) is 0 Å². The number of tetrazole rings is 1. The minimum absolute atomic E-state index is 0.0704. The molecule has 1 aliphatic rings. The molecule has 10 heteroatoms. The number of nitro benzene ring substituents is 1. The SMILES string of the molecule is CC(C)(C)n1nnnc1C(c1ccccc1F)N1CCN(c2ccc([N+](=O)[O-])cc2)CC1. The molecule has 1 atom stereocenters. The number of piperazine rings is 1. The van der Waals surface area contributed by atoms with Crippen LogP contribution in [0.1, 0.15) is 38.2 Å². The van der Waals surface area contributed by atoms with E-state index in [1.54, 1.807) is 28.9 Å². The summed E-state index contributed by atoms with van der Waals surface area (Å²) >= 11 is 0. The van der Waals surface area contributed by atoms with Crippen molar-refractivity contribution in [1.82, 2.24) is 25.1 Å². The van der Waals surface area contributed by atoms with Crippen molar-refractivity contribution < 1.29 is 9.31 Å². The van der Waals surface area contributed by atoms with Crippen molar-refractivity contribution in [3.05, 3.63) is 75.9 Å². The third kappa shape index (κ3) is 4.31. The Bertz CT molecular complexity index is 1090. The Morgan fingerprint density at radius 3 is 2.28 bits per heavy atom. The van der Waals surface area contributed by atoms with E-state index in [9.17, 15) is 14.5 Å². The average molecular weight is 439 g/mol. The van der Waals surface area contributed by atoms with Crippen molar-refractivity contribution in [2.45, 2.75) is 32.4 Å². The standard InChI is InChI=1S/C22H26FN7O2/c1-22(2,3)29-21(24-25-26-29)20(18-6-4-5-7-19(18)23)28-14-12-27(13-15-28)16-8-10-17(11-9-16)30(31)32/h4-11,20H,12-15H2,1-3H3. The maximum Gasteiger partial charge on any atom is 0.269 e. The van der Waals surface area contributed by atoms with Crippen molar-refractivity contribution in [3.8, 4) is 0 Å². The van der Waals surface area contributed by atoms with Crippen LogP contribution in [0.4, 0.5) is 15.8 Å². The molecular weight excluding hydrogens is 413 g/mol. The fourth-order valence-corrected chi connectivity index (χ4v) is 4.06. The van der Waals surface area contributed by atoms with Gasteiger partial charge in [-0.25, -0.2) is 9.07 Å². The summed E-state index contributed by atoms with van der Waals surface area (Å²) in [7, 11) is 0. The summed E-state index contributed by atoms with van der Waals surface area (Å²) in [6.07, 6.45) is 0. The van der Waals surface area contributed by atoms with Crippen molar-refractivity contribution in [2.75, 3.05) is 31.1 Å². The zero-order valence-electron chi connectivity index (χ0n) is 18.3. The van der Waals surface area contributed by atoms with Gasteiger partial charge in [0.05, 0.1) is 10.5 Å². The summed E-state index contributed by atoms with van der Waals surface area (Å²) in [4.78, 5) is 14.9. The van der Waals surface area contributed by atoms with Crippen molar-refractivity contribution in [2.24, 2.45) is 0 Å². The molecule has 1 saturated heterocycles. The third-order valence-electron chi connectivity index (χ3n) is 5.68. The Kier molecular flexibility index (Phi) is 5.88. The number of aromatic nitrogens is 4. The lowest BCUT2D eigenvalue weighted by Gasteiger charge is -2.40. The molecule has 168 valence electrons. The van der Waals surface area contributed by atoms with E-state index < -0.39 is 11.0 Å². The van der Waals surface area contributed by atoms with E-state index >= 15 is 0 Å². The molecule has 1 aliphatic heterocycles. The molecule has 0 saturated carbocycles. The Morgan fingerprint density at radius 2 is 1.69 bits per heavy atom. The molecule has 0 amide bonds. The lowest BCUT2D eigenvalue weighted by Crippen LogP contribution is -2.49. The number of non-ortho nitro benzene ring substituents is 1. The minimum atomic E-state index is -0.426. The second kappa shape index (κ2) is 8.62. The van der Waals surface area contributed by atoms with Crippen LogP contribution in [-0.4, -0.2) is 56.2 Å². The second-order valence-corrected chi connectivity index (χ2v) is 8.84. The minimum Gasteiger partial charge on any atom is -0.369 e. The van der Waals surface area contributed by atoms with E-state index in [1.807, 2.05) is 26.8 Å². The lowest BCUT2D eigenvalue weighted by atomic mass is 10.0. The summed E-state index contributed by atoms with van der Waals surface area (Å²) in [5, 5.41) is 23.3. The first kappa shape index (κ1) is 21.8. The molecule has 1 unspecified atom stereocenters. The number of benzene rings is 2. The quantitative estimate of drug-likeness (QED) is 0.444. The van der Waals surface area contributed by atoms with Gasteiger partial charge in [-0.05, 0) is 49.4 Å². The molecule has 1 aromatic heterocycles. The van der Waals surface area contributed by atoms with Gasteiger partial charge in [0.2, 0.25) is 0 Å². The molecule has 3 aromatic rings. The van der Waals surface area contributed by atoms with Crippen LogP contribution in [0.5, 0.6) is 0 Å². The van der Waals surface area contributed by atoms with E-state index in [0.29, 0.717) is 37.6 Å². The largest absolute Gasteiger partial charge is 0.369 e. The van der Waals surface area contributed by atoms with Crippen LogP contribution in [0.3, 0.4) is 0 Å². The molecule has 1 fully saturated rings. The summed E-state index contributed by atoms with van der Waals surface area (Å²) in [6, 6.07) is 12.9. The average Bonchev–Trinajstić information content (AvgIpc) is 3.26. The van der Waals surface area contributed by atoms with E-state index in [0.717, 1.165) is 5.69 Å². The fourth-order valence-electron chi connectivity index (χ4n) is 4.06. The zero-order valence-corrected chi connectivity index (χ0v) is 18.3. The smallest absolute Gasteiger partial charge is 0.269 e. The third-order valence-corrected chi connectivity index (χ3v) is 5.68. The Hall–Kier alpha value is -3.40. The van der Waals surface area contributed by atoms with Crippen LogP contribution in [0, 0.1) is 15.9 Å². The van der Waals surface area contributed by atoms with Gasteiger partial charge in [0.15, 0.2) is 5.82 Å². The van der Waals surface area contributed by atoms with E-state index in [4.69, 9.17) is 0 Å². The van der Waals surface area contributed by atoms with Gasteiger partial charge in [-0.1, -0.05) is 18.2 Å². The van der Waals surface area contributed by atoms with Crippen molar-refractivity contribution >= 4 is 11.4 Å². The highest BCUT2D eigenvalue weighted by Gasteiger charge is 2.34. The second-order valence-electron chi connectivity index (χ2n) is 8.84. The highest BCUT2D eigenvalue weighted by molar-refractivity contribution is 5.51. The summed E-state index contributed by atoms with van der Waals surface area (Å²) in [6.45, 7) is 8.74. The Morgan fingerprint density at radius 1 is 1.03 bits per heavy atom. The molecule has 4 rings (SSSR count). The van der Waals surface area contributed by atoms with Crippen LogP contribution in [-0.2, 0) is 5.54 Å². The number of hydrogen-bond donors (Lipinski definition) is 0. The first-order chi connectivity index (χ1) is 15.3. The topological polar surface area (TPSA) is 93.2 Å².